The largest absolute Gasteiger partial charge is 0.510 e. The summed E-state index contributed by atoms with van der Waals surface area (Å²) >= 11 is 0. The zero-order chi connectivity index (χ0) is 16.5. The fourth-order valence-corrected chi connectivity index (χ4v) is 4.28. The highest BCUT2D eigenvalue weighted by Gasteiger charge is 2.34. The smallest absolute Gasteiger partial charge is 0.469 e. The molecule has 0 spiro atoms. The number of ether oxygens (including phenoxy) is 1. The van der Waals surface area contributed by atoms with E-state index in [1.165, 1.54) is 39.2 Å². The molecule has 1 aliphatic rings. The van der Waals surface area contributed by atoms with Crippen LogP contribution in [-0.4, -0.2) is 25.5 Å². The number of rotatable bonds is 9. The normalized spacial score (nSPS) is 18.9. The summed E-state index contributed by atoms with van der Waals surface area (Å²) in [6.45, 7) is 4.05. The fraction of sp³-hybridized carbons (Fsp3) is 0.938. The van der Waals surface area contributed by atoms with Gasteiger partial charge in [-0.25, -0.2) is 0 Å². The highest BCUT2D eigenvalue weighted by Crippen LogP contribution is 2.33. The van der Waals surface area contributed by atoms with Gasteiger partial charge in [-0.1, -0.05) is 46.0 Å². The molecule has 0 aromatic rings. The third-order valence-corrected chi connectivity index (χ3v) is 5.45. The van der Waals surface area contributed by atoms with Crippen molar-refractivity contribution in [3.05, 3.63) is 0 Å². The Kier molecular flexibility index (Phi) is 12.1. The van der Waals surface area contributed by atoms with Crippen molar-refractivity contribution in [2.75, 3.05) is 13.3 Å². The van der Waals surface area contributed by atoms with Crippen molar-refractivity contribution in [1.29, 1.82) is 0 Å². The average molecular weight is 369 g/mol. The van der Waals surface area contributed by atoms with E-state index in [0.717, 1.165) is 6.42 Å². The molecule has 5 nitrogen and oxygen atoms in total. The lowest BCUT2D eigenvalue weighted by Gasteiger charge is -2.22. The quantitative estimate of drug-likeness (QED) is 0.373. The molecule has 0 radical (unpaired) electrons. The minimum absolute atomic E-state index is 0. The van der Waals surface area contributed by atoms with Gasteiger partial charge < -0.3 is 10.5 Å². The molecular formula is C16H32ClNO4P+. The Balaban J connectivity index is 0.00000484. The first-order valence-corrected chi connectivity index (χ1v) is 9.73. The second kappa shape index (κ2) is 12.2. The maximum atomic E-state index is 12.1. The number of hydrogen-bond donors (Lipinski definition) is 1. The van der Waals surface area contributed by atoms with Gasteiger partial charge in [0.1, 0.15) is 5.92 Å². The first kappa shape index (κ1) is 22.8. The highest BCUT2D eigenvalue weighted by atomic mass is 35.5. The molecule has 0 aliphatic heterocycles. The lowest BCUT2D eigenvalue weighted by atomic mass is 9.87. The van der Waals surface area contributed by atoms with E-state index in [1.54, 1.807) is 0 Å². The Labute approximate surface area is 147 Å². The third kappa shape index (κ3) is 9.61. The maximum Gasteiger partial charge on any atom is 0.510 e. The van der Waals surface area contributed by atoms with Crippen molar-refractivity contribution in [2.24, 2.45) is 23.5 Å². The lowest BCUT2D eigenvalue weighted by molar-refractivity contribution is -0.145. The molecule has 2 N–H and O–H groups in total. The lowest BCUT2D eigenvalue weighted by Crippen LogP contribution is -2.27. The molecule has 1 aliphatic carbocycles. The molecule has 0 aromatic carbocycles. The van der Waals surface area contributed by atoms with Crippen LogP contribution < -0.4 is 5.73 Å². The van der Waals surface area contributed by atoms with Crippen LogP contribution >= 0.6 is 20.4 Å². The number of methoxy groups -OCH3 is 1. The summed E-state index contributed by atoms with van der Waals surface area (Å²) < 4.78 is 22.4. The summed E-state index contributed by atoms with van der Waals surface area (Å²) in [7, 11) is -0.571. The van der Waals surface area contributed by atoms with Crippen LogP contribution in [0.5, 0.6) is 0 Å². The molecule has 3 unspecified atom stereocenters. The van der Waals surface area contributed by atoms with Crippen LogP contribution in [-0.2, 0) is 18.6 Å². The minimum Gasteiger partial charge on any atom is -0.469 e. The van der Waals surface area contributed by atoms with Crippen LogP contribution in [0, 0.1) is 17.8 Å². The van der Waals surface area contributed by atoms with Crippen LogP contribution in [0.3, 0.4) is 0 Å². The van der Waals surface area contributed by atoms with Crippen molar-refractivity contribution in [3.63, 3.8) is 0 Å². The van der Waals surface area contributed by atoms with Gasteiger partial charge in [-0.2, -0.15) is 0 Å². The summed E-state index contributed by atoms with van der Waals surface area (Å²) in [5, 5.41) is 0. The van der Waals surface area contributed by atoms with E-state index in [1.807, 2.05) is 13.8 Å². The van der Waals surface area contributed by atoms with E-state index in [9.17, 15) is 9.36 Å². The Morgan fingerprint density at radius 2 is 1.87 bits per heavy atom. The topological polar surface area (TPSA) is 78.6 Å². The molecule has 3 atom stereocenters. The molecule has 1 fully saturated rings. The zero-order valence-corrected chi connectivity index (χ0v) is 16.2. The number of esters is 1. The average Bonchev–Trinajstić information content (AvgIpc) is 2.46. The van der Waals surface area contributed by atoms with E-state index >= 15 is 0 Å². The van der Waals surface area contributed by atoms with Gasteiger partial charge in [-0.3, -0.25) is 4.79 Å². The second-order valence-corrected chi connectivity index (χ2v) is 7.99. The Morgan fingerprint density at radius 1 is 1.26 bits per heavy atom. The van der Waals surface area contributed by atoms with Gasteiger partial charge in [0.15, 0.2) is 12.4 Å². The molecular weight excluding hydrogens is 337 g/mol. The van der Waals surface area contributed by atoms with Gasteiger partial charge >= 0.3 is 14.0 Å². The molecule has 0 amide bonds. The molecule has 1 saturated carbocycles. The van der Waals surface area contributed by atoms with Crippen LogP contribution in [0.4, 0.5) is 0 Å². The van der Waals surface area contributed by atoms with Gasteiger partial charge in [-0.05, 0) is 29.2 Å². The van der Waals surface area contributed by atoms with Crippen molar-refractivity contribution in [3.8, 4) is 0 Å². The minimum atomic E-state index is -1.93. The highest BCUT2D eigenvalue weighted by molar-refractivity contribution is 7.39. The van der Waals surface area contributed by atoms with E-state index in [-0.39, 0.29) is 30.5 Å². The molecule has 136 valence electrons. The van der Waals surface area contributed by atoms with E-state index in [4.69, 9.17) is 15.0 Å². The summed E-state index contributed by atoms with van der Waals surface area (Å²) in [6, 6.07) is 0. The van der Waals surface area contributed by atoms with Gasteiger partial charge in [0.25, 0.3) is 0 Å². The Morgan fingerprint density at radius 3 is 2.39 bits per heavy atom. The summed E-state index contributed by atoms with van der Waals surface area (Å²) in [5.41, 5.74) is 5.97. The summed E-state index contributed by atoms with van der Waals surface area (Å²) in [6.07, 6.45) is 7.28. The number of nitrogens with two attached hydrogens (primary N) is 1. The number of halogens is 1. The van der Waals surface area contributed by atoms with E-state index < -0.39 is 14.3 Å². The van der Waals surface area contributed by atoms with Crippen LogP contribution in [0.15, 0.2) is 0 Å². The van der Waals surface area contributed by atoms with Crippen LogP contribution in [0.2, 0.25) is 0 Å². The van der Waals surface area contributed by atoms with E-state index in [2.05, 4.69) is 0 Å². The monoisotopic (exact) mass is 368 g/mol. The predicted molar refractivity (Wildman–Crippen MR) is 94.9 cm³/mol. The third-order valence-electron chi connectivity index (χ3n) is 4.20. The van der Waals surface area contributed by atoms with Crippen LogP contribution in [0.1, 0.15) is 58.8 Å². The predicted octanol–water partition coefficient (Wildman–Crippen LogP) is 4.26. The van der Waals surface area contributed by atoms with Gasteiger partial charge in [0, 0.05) is 0 Å². The van der Waals surface area contributed by atoms with Crippen molar-refractivity contribution < 1.29 is 18.6 Å². The summed E-state index contributed by atoms with van der Waals surface area (Å²) in [5.74, 6) is 0.222. The SMILES string of the molecule is COC(=O)C(CC(C)C)C[P+](=O)OC(N)CC1CCCCC1.Cl. The number of carbonyl (C=O) groups is 1. The molecule has 7 heteroatoms. The second-order valence-electron chi connectivity index (χ2n) is 6.75. The Bertz CT molecular complexity index is 362. The molecule has 1 rings (SSSR count). The maximum absolute atomic E-state index is 12.1. The molecule has 23 heavy (non-hydrogen) atoms. The molecule has 0 bridgehead atoms. The van der Waals surface area contributed by atoms with Crippen LogP contribution in [0.25, 0.3) is 0 Å². The van der Waals surface area contributed by atoms with Crippen molar-refractivity contribution >= 4 is 26.4 Å². The number of carbonyl (C=O) groups excluding carboxylic acids is 1. The van der Waals surface area contributed by atoms with E-state index in [0.29, 0.717) is 18.3 Å². The van der Waals surface area contributed by atoms with Gasteiger partial charge in [0.05, 0.1) is 7.11 Å². The fourth-order valence-electron chi connectivity index (χ4n) is 3.15. The Hall–Kier alpha value is -0.220. The molecule has 0 heterocycles. The molecule has 0 aromatic heterocycles. The molecule has 0 saturated heterocycles. The number of hydrogen-bond acceptors (Lipinski definition) is 5. The zero-order valence-electron chi connectivity index (χ0n) is 14.5. The first-order chi connectivity index (χ1) is 10.4. The standard InChI is InChI=1S/C16H31NO4P.ClH/c1-12(2)9-14(16(18)20-3)11-22(19)21-15(17)10-13-7-5-4-6-8-13;/h12-15H,4-11,17H2,1-3H3;1H/q+1;. The van der Waals surface area contributed by atoms with Gasteiger partial charge in [-0.15, -0.1) is 16.9 Å². The summed E-state index contributed by atoms with van der Waals surface area (Å²) in [4.78, 5) is 11.7. The van der Waals surface area contributed by atoms with Gasteiger partial charge in [0.2, 0.25) is 0 Å². The van der Waals surface area contributed by atoms with Crippen molar-refractivity contribution in [1.82, 2.24) is 0 Å². The van der Waals surface area contributed by atoms with Crippen molar-refractivity contribution in [2.45, 2.75) is 65.0 Å². The first-order valence-electron chi connectivity index (χ1n) is 8.37.